The highest BCUT2D eigenvalue weighted by Gasteiger charge is 2.03. The van der Waals surface area contributed by atoms with Gasteiger partial charge in [-0.15, -0.1) is 0 Å². The zero-order chi connectivity index (χ0) is 14.5. The van der Waals surface area contributed by atoms with E-state index in [9.17, 15) is 4.79 Å². The second-order valence-electron chi connectivity index (χ2n) is 4.09. The van der Waals surface area contributed by atoms with E-state index in [4.69, 9.17) is 27.9 Å². The lowest BCUT2D eigenvalue weighted by atomic mass is 10.1. The number of halogens is 2. The number of carbonyl (C=O) groups excluding carboxylic acids is 1. The molecule has 0 aliphatic carbocycles. The Morgan fingerprint density at radius 2 is 1.80 bits per heavy atom. The maximum absolute atomic E-state index is 12.0. The van der Waals surface area contributed by atoms with Crippen LogP contribution in [-0.4, -0.2) is 12.9 Å². The monoisotopic (exact) mass is 306 g/mol. The first-order valence-corrected chi connectivity index (χ1v) is 6.67. The summed E-state index contributed by atoms with van der Waals surface area (Å²) in [5.74, 6) is 0.616. The van der Waals surface area contributed by atoms with Crippen molar-refractivity contribution in [2.45, 2.75) is 0 Å². The van der Waals surface area contributed by atoms with E-state index in [-0.39, 0.29) is 5.78 Å². The van der Waals surface area contributed by atoms with Crippen molar-refractivity contribution in [3.8, 4) is 5.75 Å². The summed E-state index contributed by atoms with van der Waals surface area (Å²) in [6.07, 6.45) is 3.15. The fraction of sp³-hybridized carbons (Fsp3) is 0.0625. The smallest absolute Gasteiger partial charge is 0.185 e. The molecule has 0 unspecified atom stereocenters. The first kappa shape index (κ1) is 14.6. The van der Waals surface area contributed by atoms with Crippen LogP contribution in [0.2, 0.25) is 10.0 Å². The van der Waals surface area contributed by atoms with Crippen molar-refractivity contribution in [2.75, 3.05) is 7.11 Å². The van der Waals surface area contributed by atoms with Crippen LogP contribution in [0, 0.1) is 0 Å². The molecule has 0 radical (unpaired) electrons. The summed E-state index contributed by atoms with van der Waals surface area (Å²) < 4.78 is 5.05. The zero-order valence-corrected chi connectivity index (χ0v) is 12.3. The molecule has 4 heteroatoms. The molecular weight excluding hydrogens is 295 g/mol. The fourth-order valence-corrected chi connectivity index (χ4v) is 2.13. The van der Waals surface area contributed by atoms with Crippen LogP contribution in [-0.2, 0) is 0 Å². The lowest BCUT2D eigenvalue weighted by molar-refractivity contribution is 0.104. The van der Waals surface area contributed by atoms with Crippen LogP contribution >= 0.6 is 23.2 Å². The second-order valence-corrected chi connectivity index (χ2v) is 4.94. The average molecular weight is 307 g/mol. The summed E-state index contributed by atoms with van der Waals surface area (Å²) >= 11 is 11.9. The maximum Gasteiger partial charge on any atom is 0.185 e. The minimum Gasteiger partial charge on any atom is -0.497 e. The van der Waals surface area contributed by atoms with Crippen LogP contribution in [0.1, 0.15) is 15.9 Å². The number of methoxy groups -OCH3 is 1. The van der Waals surface area contributed by atoms with Crippen LogP contribution < -0.4 is 4.74 Å². The van der Waals surface area contributed by atoms with Crippen LogP contribution in [0.3, 0.4) is 0 Å². The Balaban J connectivity index is 2.15. The minimum absolute atomic E-state index is 0.0985. The molecule has 0 spiro atoms. The molecule has 0 saturated carbocycles. The van der Waals surface area contributed by atoms with Gasteiger partial charge in [-0.2, -0.15) is 0 Å². The second kappa shape index (κ2) is 6.60. The molecule has 0 aromatic heterocycles. The van der Waals surface area contributed by atoms with E-state index in [2.05, 4.69) is 0 Å². The number of benzene rings is 2. The van der Waals surface area contributed by atoms with E-state index in [0.29, 0.717) is 21.4 Å². The Hall–Kier alpha value is -1.77. The Kier molecular flexibility index (Phi) is 4.83. The third-order valence-corrected chi connectivity index (χ3v) is 3.31. The molecule has 0 saturated heterocycles. The Bertz CT molecular complexity index is 646. The van der Waals surface area contributed by atoms with Crippen molar-refractivity contribution in [1.29, 1.82) is 0 Å². The maximum atomic E-state index is 12.0. The van der Waals surface area contributed by atoms with Gasteiger partial charge in [0.25, 0.3) is 0 Å². The summed E-state index contributed by atoms with van der Waals surface area (Å²) in [6, 6.07) is 12.1. The van der Waals surface area contributed by atoms with Crippen LogP contribution in [0.4, 0.5) is 0 Å². The van der Waals surface area contributed by atoms with E-state index < -0.39 is 0 Å². The number of ether oxygens (including phenoxy) is 1. The number of carbonyl (C=O) groups is 1. The molecule has 2 aromatic carbocycles. The normalized spacial score (nSPS) is 10.8. The molecule has 0 bridgehead atoms. The van der Waals surface area contributed by atoms with Gasteiger partial charge in [0.15, 0.2) is 5.78 Å². The van der Waals surface area contributed by atoms with Gasteiger partial charge < -0.3 is 4.74 Å². The number of allylic oxidation sites excluding steroid dienone is 1. The first-order chi connectivity index (χ1) is 9.60. The zero-order valence-electron chi connectivity index (χ0n) is 10.8. The van der Waals surface area contributed by atoms with Crippen LogP contribution in [0.15, 0.2) is 48.5 Å². The highest BCUT2D eigenvalue weighted by molar-refractivity contribution is 6.35. The third-order valence-electron chi connectivity index (χ3n) is 2.75. The highest BCUT2D eigenvalue weighted by Crippen LogP contribution is 2.22. The van der Waals surface area contributed by atoms with Crippen molar-refractivity contribution >= 4 is 35.1 Å². The van der Waals surface area contributed by atoms with Crippen molar-refractivity contribution < 1.29 is 9.53 Å². The molecule has 0 heterocycles. The minimum atomic E-state index is -0.0985. The highest BCUT2D eigenvalue weighted by atomic mass is 35.5. The van der Waals surface area contributed by atoms with Crippen molar-refractivity contribution in [3.63, 3.8) is 0 Å². The van der Waals surface area contributed by atoms with E-state index in [1.807, 2.05) is 0 Å². The summed E-state index contributed by atoms with van der Waals surface area (Å²) in [7, 11) is 1.58. The summed E-state index contributed by atoms with van der Waals surface area (Å²) in [5.41, 5.74) is 1.34. The van der Waals surface area contributed by atoms with E-state index in [1.54, 1.807) is 55.7 Å². The Morgan fingerprint density at radius 3 is 2.40 bits per heavy atom. The van der Waals surface area contributed by atoms with Gasteiger partial charge in [-0.1, -0.05) is 29.3 Å². The van der Waals surface area contributed by atoms with E-state index in [1.165, 1.54) is 6.08 Å². The van der Waals surface area contributed by atoms with Crippen LogP contribution in [0.25, 0.3) is 6.08 Å². The first-order valence-electron chi connectivity index (χ1n) is 5.91. The molecule has 20 heavy (non-hydrogen) atoms. The van der Waals surface area contributed by atoms with E-state index in [0.717, 1.165) is 5.56 Å². The standard InChI is InChI=1S/C16H12Cl2O2/c1-20-14-7-3-12(4-8-14)16(19)9-5-11-2-6-13(17)10-15(11)18/h2-10H,1H3. The molecule has 0 fully saturated rings. The largest absolute Gasteiger partial charge is 0.497 e. The van der Waals surface area contributed by atoms with Gasteiger partial charge in [-0.05, 0) is 54.1 Å². The fourth-order valence-electron chi connectivity index (χ4n) is 1.65. The molecule has 0 aliphatic heterocycles. The van der Waals surface area contributed by atoms with Crippen molar-refractivity contribution in [1.82, 2.24) is 0 Å². The lowest BCUT2D eigenvalue weighted by Crippen LogP contribution is -1.94. The summed E-state index contributed by atoms with van der Waals surface area (Å²) in [4.78, 5) is 12.0. The summed E-state index contributed by atoms with van der Waals surface area (Å²) in [5, 5.41) is 1.07. The number of hydrogen-bond donors (Lipinski definition) is 0. The number of rotatable bonds is 4. The number of ketones is 1. The quantitative estimate of drug-likeness (QED) is 0.593. The van der Waals surface area contributed by atoms with Crippen molar-refractivity contribution in [2.24, 2.45) is 0 Å². The van der Waals surface area contributed by atoms with Gasteiger partial charge in [0.1, 0.15) is 5.75 Å². The molecule has 2 aromatic rings. The Morgan fingerprint density at radius 1 is 1.10 bits per heavy atom. The Labute approximate surface area is 127 Å². The molecule has 2 rings (SSSR count). The molecule has 0 amide bonds. The van der Waals surface area contributed by atoms with Gasteiger partial charge in [0, 0.05) is 15.6 Å². The van der Waals surface area contributed by atoms with Gasteiger partial charge in [-0.25, -0.2) is 0 Å². The molecule has 102 valence electrons. The molecular formula is C16H12Cl2O2. The third kappa shape index (κ3) is 3.62. The lowest BCUT2D eigenvalue weighted by Gasteiger charge is -2.01. The van der Waals surface area contributed by atoms with Crippen LogP contribution in [0.5, 0.6) is 5.75 Å². The molecule has 0 atom stereocenters. The van der Waals surface area contributed by atoms with Crippen molar-refractivity contribution in [3.05, 3.63) is 69.7 Å². The van der Waals surface area contributed by atoms with Gasteiger partial charge >= 0.3 is 0 Å². The summed E-state index contributed by atoms with van der Waals surface area (Å²) in [6.45, 7) is 0. The predicted molar refractivity (Wildman–Crippen MR) is 82.8 cm³/mol. The SMILES string of the molecule is COc1ccc(C(=O)C=Cc2ccc(Cl)cc2Cl)cc1. The molecule has 0 aliphatic rings. The van der Waals surface area contributed by atoms with Gasteiger partial charge in [0.05, 0.1) is 7.11 Å². The van der Waals surface area contributed by atoms with E-state index >= 15 is 0 Å². The molecule has 0 N–H and O–H groups in total. The number of hydrogen-bond acceptors (Lipinski definition) is 2. The van der Waals surface area contributed by atoms with Gasteiger partial charge in [-0.3, -0.25) is 4.79 Å². The predicted octanol–water partition coefficient (Wildman–Crippen LogP) is 4.90. The van der Waals surface area contributed by atoms with Gasteiger partial charge in [0.2, 0.25) is 0 Å². The average Bonchev–Trinajstić information content (AvgIpc) is 2.46. The molecule has 2 nitrogen and oxygen atoms in total. The topological polar surface area (TPSA) is 26.3 Å².